The fraction of sp³-hybridized carbons (Fsp3) is 0.188. The number of aliphatic hydroxyl groups excluding tert-OH is 1. The van der Waals surface area contributed by atoms with Gasteiger partial charge < -0.3 is 15.7 Å². The lowest BCUT2D eigenvalue weighted by Crippen LogP contribution is -2.41. The van der Waals surface area contributed by atoms with E-state index in [0.717, 1.165) is 5.56 Å². The second-order valence-electron chi connectivity index (χ2n) is 4.97. The van der Waals surface area contributed by atoms with Gasteiger partial charge in [0.15, 0.2) is 0 Å². The van der Waals surface area contributed by atoms with Crippen molar-refractivity contribution in [3.63, 3.8) is 0 Å². The second-order valence-corrected chi connectivity index (χ2v) is 4.97. The Morgan fingerprint density at radius 3 is 2.35 bits per heavy atom. The van der Waals surface area contributed by atoms with Gasteiger partial charge in [0.25, 0.3) is 5.69 Å². The minimum absolute atomic E-state index is 0.0479. The van der Waals surface area contributed by atoms with Crippen molar-refractivity contribution in [3.8, 4) is 0 Å². The van der Waals surface area contributed by atoms with Gasteiger partial charge in [-0.05, 0) is 24.1 Å². The average Bonchev–Trinajstić information content (AvgIpc) is 2.55. The van der Waals surface area contributed by atoms with Gasteiger partial charge in [0.1, 0.15) is 0 Å². The Morgan fingerprint density at radius 2 is 1.78 bits per heavy atom. The first kappa shape index (κ1) is 16.4. The van der Waals surface area contributed by atoms with Gasteiger partial charge in [-0.2, -0.15) is 0 Å². The molecule has 7 heteroatoms. The first-order valence-electron chi connectivity index (χ1n) is 7.05. The molecule has 0 aliphatic rings. The summed E-state index contributed by atoms with van der Waals surface area (Å²) in [5.41, 5.74) is 1.39. The lowest BCUT2D eigenvalue weighted by atomic mass is 10.1. The molecule has 0 radical (unpaired) electrons. The van der Waals surface area contributed by atoms with Crippen LogP contribution in [0.1, 0.15) is 5.56 Å². The molecule has 0 aliphatic carbocycles. The number of benzene rings is 2. The molecule has 0 saturated heterocycles. The molecule has 1 unspecified atom stereocenters. The smallest absolute Gasteiger partial charge is 0.319 e. The molecule has 0 bridgehead atoms. The van der Waals surface area contributed by atoms with Crippen LogP contribution in [-0.4, -0.2) is 28.7 Å². The predicted molar refractivity (Wildman–Crippen MR) is 86.3 cm³/mol. The molecule has 0 heterocycles. The number of hydrogen-bond donors (Lipinski definition) is 3. The third-order valence-electron chi connectivity index (χ3n) is 3.22. The third kappa shape index (κ3) is 5.08. The van der Waals surface area contributed by atoms with E-state index in [1.165, 1.54) is 24.3 Å². The second kappa shape index (κ2) is 7.90. The minimum Gasteiger partial charge on any atom is -0.394 e. The highest BCUT2D eigenvalue weighted by molar-refractivity contribution is 5.89. The maximum atomic E-state index is 11.9. The van der Waals surface area contributed by atoms with E-state index in [2.05, 4.69) is 10.6 Å². The number of aliphatic hydroxyl groups is 1. The Balaban J connectivity index is 1.90. The SMILES string of the molecule is O=C(Nc1ccc([N+](=O)[O-])cc1)NC(CO)Cc1ccccc1. The summed E-state index contributed by atoms with van der Waals surface area (Å²) in [6, 6.07) is 14.1. The number of carbonyl (C=O) groups is 1. The molecule has 23 heavy (non-hydrogen) atoms. The molecule has 1 atom stereocenters. The summed E-state index contributed by atoms with van der Waals surface area (Å²) in [5, 5.41) is 25.2. The molecule has 2 aromatic rings. The van der Waals surface area contributed by atoms with Crippen molar-refractivity contribution in [1.82, 2.24) is 5.32 Å². The number of hydrogen-bond acceptors (Lipinski definition) is 4. The van der Waals surface area contributed by atoms with Crippen molar-refractivity contribution in [3.05, 3.63) is 70.3 Å². The number of nitrogens with one attached hydrogen (secondary N) is 2. The number of urea groups is 1. The Kier molecular flexibility index (Phi) is 5.65. The largest absolute Gasteiger partial charge is 0.394 e. The number of carbonyl (C=O) groups excluding carboxylic acids is 1. The quantitative estimate of drug-likeness (QED) is 0.562. The van der Waals surface area contributed by atoms with E-state index in [0.29, 0.717) is 12.1 Å². The van der Waals surface area contributed by atoms with Crippen LogP contribution in [0.5, 0.6) is 0 Å². The molecule has 2 amide bonds. The summed E-state index contributed by atoms with van der Waals surface area (Å²) in [4.78, 5) is 22.0. The van der Waals surface area contributed by atoms with Crippen LogP contribution < -0.4 is 10.6 Å². The zero-order valence-corrected chi connectivity index (χ0v) is 12.3. The Morgan fingerprint density at radius 1 is 1.13 bits per heavy atom. The van der Waals surface area contributed by atoms with Crippen molar-refractivity contribution in [2.75, 3.05) is 11.9 Å². The summed E-state index contributed by atoms with van der Waals surface area (Å²) < 4.78 is 0. The molecule has 2 rings (SSSR count). The number of amides is 2. The Labute approximate surface area is 133 Å². The fourth-order valence-electron chi connectivity index (χ4n) is 2.08. The van der Waals surface area contributed by atoms with Crippen LogP contribution in [0.4, 0.5) is 16.2 Å². The summed E-state index contributed by atoms with van der Waals surface area (Å²) in [6.45, 7) is -0.192. The maximum absolute atomic E-state index is 11.9. The number of rotatable bonds is 6. The lowest BCUT2D eigenvalue weighted by molar-refractivity contribution is -0.384. The summed E-state index contributed by atoms with van der Waals surface area (Å²) in [5.74, 6) is 0. The molecule has 3 N–H and O–H groups in total. The zero-order valence-electron chi connectivity index (χ0n) is 12.3. The molecule has 0 saturated carbocycles. The Bertz CT molecular complexity index is 659. The van der Waals surface area contributed by atoms with Crippen molar-refractivity contribution in [2.45, 2.75) is 12.5 Å². The van der Waals surface area contributed by atoms with Crippen molar-refractivity contribution >= 4 is 17.4 Å². The van der Waals surface area contributed by atoms with E-state index in [-0.39, 0.29) is 12.3 Å². The monoisotopic (exact) mass is 315 g/mol. The summed E-state index contributed by atoms with van der Waals surface area (Å²) >= 11 is 0. The van der Waals surface area contributed by atoms with E-state index < -0.39 is 17.0 Å². The number of nitro groups is 1. The van der Waals surface area contributed by atoms with Crippen LogP contribution in [0.25, 0.3) is 0 Å². The highest BCUT2D eigenvalue weighted by Crippen LogP contribution is 2.15. The topological polar surface area (TPSA) is 104 Å². The molecule has 120 valence electrons. The maximum Gasteiger partial charge on any atom is 0.319 e. The van der Waals surface area contributed by atoms with Crippen LogP contribution in [-0.2, 0) is 6.42 Å². The minimum atomic E-state index is -0.508. The highest BCUT2D eigenvalue weighted by Gasteiger charge is 2.12. The van der Waals surface area contributed by atoms with Crippen molar-refractivity contribution < 1.29 is 14.8 Å². The molecular weight excluding hydrogens is 298 g/mol. The van der Waals surface area contributed by atoms with Gasteiger partial charge in [0, 0.05) is 17.8 Å². The first-order valence-corrected chi connectivity index (χ1v) is 7.05. The van der Waals surface area contributed by atoms with Gasteiger partial charge in [-0.25, -0.2) is 4.79 Å². The van der Waals surface area contributed by atoms with Crippen LogP contribution >= 0.6 is 0 Å². The number of nitrogens with zero attached hydrogens (tertiary/aromatic N) is 1. The predicted octanol–water partition coefficient (Wildman–Crippen LogP) is 2.32. The first-order chi connectivity index (χ1) is 11.1. The summed E-state index contributed by atoms with van der Waals surface area (Å²) in [6.07, 6.45) is 0.505. The van der Waals surface area contributed by atoms with Crippen molar-refractivity contribution in [1.29, 1.82) is 0 Å². The third-order valence-corrected chi connectivity index (χ3v) is 3.22. The molecule has 0 spiro atoms. The molecule has 7 nitrogen and oxygen atoms in total. The van der Waals surface area contributed by atoms with Gasteiger partial charge in [0.05, 0.1) is 17.6 Å². The van der Waals surface area contributed by atoms with Crippen LogP contribution in [0.2, 0.25) is 0 Å². The standard InChI is InChI=1S/C16H17N3O4/c20-11-14(10-12-4-2-1-3-5-12)18-16(21)17-13-6-8-15(9-7-13)19(22)23/h1-9,14,20H,10-11H2,(H2,17,18,21). The number of nitro benzene ring substituents is 1. The molecule has 0 aromatic heterocycles. The van der Waals surface area contributed by atoms with E-state index in [1.807, 2.05) is 30.3 Å². The van der Waals surface area contributed by atoms with E-state index in [4.69, 9.17) is 0 Å². The van der Waals surface area contributed by atoms with Gasteiger partial charge in [0.2, 0.25) is 0 Å². The molecular formula is C16H17N3O4. The molecule has 2 aromatic carbocycles. The van der Waals surface area contributed by atoms with Crippen LogP contribution in [0.15, 0.2) is 54.6 Å². The molecule has 0 aliphatic heterocycles. The Hall–Kier alpha value is -2.93. The van der Waals surface area contributed by atoms with Gasteiger partial charge in [-0.1, -0.05) is 30.3 Å². The van der Waals surface area contributed by atoms with E-state index in [1.54, 1.807) is 0 Å². The zero-order chi connectivity index (χ0) is 16.7. The number of anilines is 1. The average molecular weight is 315 g/mol. The fourth-order valence-corrected chi connectivity index (χ4v) is 2.08. The van der Waals surface area contributed by atoms with E-state index >= 15 is 0 Å². The lowest BCUT2D eigenvalue weighted by Gasteiger charge is -2.17. The van der Waals surface area contributed by atoms with Gasteiger partial charge in [-0.15, -0.1) is 0 Å². The number of non-ortho nitro benzene ring substituents is 1. The van der Waals surface area contributed by atoms with Crippen LogP contribution in [0, 0.1) is 10.1 Å². The molecule has 0 fully saturated rings. The summed E-state index contributed by atoms with van der Waals surface area (Å²) in [7, 11) is 0. The van der Waals surface area contributed by atoms with Crippen molar-refractivity contribution in [2.24, 2.45) is 0 Å². The normalized spacial score (nSPS) is 11.5. The van der Waals surface area contributed by atoms with Crippen LogP contribution in [0.3, 0.4) is 0 Å². The van der Waals surface area contributed by atoms with Gasteiger partial charge in [-0.3, -0.25) is 10.1 Å². The highest BCUT2D eigenvalue weighted by atomic mass is 16.6. The van der Waals surface area contributed by atoms with Gasteiger partial charge >= 0.3 is 6.03 Å². The van der Waals surface area contributed by atoms with E-state index in [9.17, 15) is 20.0 Å².